The van der Waals surface area contributed by atoms with Gasteiger partial charge in [0, 0.05) is 30.3 Å². The molecule has 0 aromatic heterocycles. The molecule has 0 aliphatic carbocycles. The molecule has 0 bridgehead atoms. The zero-order valence-electron chi connectivity index (χ0n) is 17.7. The SMILES string of the molecule is Cc1cc(C2(c3ccccc3)Oc3cc(F)c(C(=O)N4CCCCC4)cc3O2)ccc1F. The number of hydrogen-bond acceptors (Lipinski definition) is 3. The molecule has 1 amide bonds. The average molecular weight is 435 g/mol. The monoisotopic (exact) mass is 435 g/mol. The van der Waals surface area contributed by atoms with Crippen LogP contribution >= 0.6 is 0 Å². The molecule has 3 aromatic carbocycles. The van der Waals surface area contributed by atoms with Gasteiger partial charge in [-0.25, -0.2) is 8.78 Å². The quantitative estimate of drug-likeness (QED) is 0.540. The molecule has 2 heterocycles. The van der Waals surface area contributed by atoms with Crippen LogP contribution in [-0.2, 0) is 5.79 Å². The highest BCUT2D eigenvalue weighted by Gasteiger charge is 2.46. The third-order valence-corrected chi connectivity index (χ3v) is 6.11. The highest BCUT2D eigenvalue weighted by Crippen LogP contribution is 2.48. The summed E-state index contributed by atoms with van der Waals surface area (Å²) in [5.74, 6) is -2.28. The molecule has 6 heteroatoms. The number of piperidine rings is 1. The largest absolute Gasteiger partial charge is 0.440 e. The number of rotatable bonds is 3. The Hall–Kier alpha value is -3.41. The van der Waals surface area contributed by atoms with Crippen molar-refractivity contribution in [3.8, 4) is 11.5 Å². The van der Waals surface area contributed by atoms with E-state index in [1.807, 2.05) is 30.3 Å². The lowest BCUT2D eigenvalue weighted by molar-refractivity contribution is -0.0460. The van der Waals surface area contributed by atoms with Gasteiger partial charge in [-0.2, -0.15) is 0 Å². The molecule has 0 spiro atoms. The fourth-order valence-corrected chi connectivity index (χ4v) is 4.37. The molecule has 1 unspecified atom stereocenters. The van der Waals surface area contributed by atoms with Gasteiger partial charge in [-0.1, -0.05) is 30.3 Å². The van der Waals surface area contributed by atoms with Gasteiger partial charge in [-0.05, 0) is 56.0 Å². The zero-order valence-corrected chi connectivity index (χ0v) is 17.7. The summed E-state index contributed by atoms with van der Waals surface area (Å²) < 4.78 is 41.5. The Labute approximate surface area is 185 Å². The number of carbonyl (C=O) groups excluding carboxylic acids is 1. The van der Waals surface area contributed by atoms with E-state index < -0.39 is 11.6 Å². The first-order chi connectivity index (χ1) is 15.5. The summed E-state index contributed by atoms with van der Waals surface area (Å²) in [5, 5.41) is 0. The molecule has 2 aliphatic heterocycles. The minimum Gasteiger partial charge on any atom is -0.440 e. The number of ether oxygens (including phenoxy) is 2. The van der Waals surface area contributed by atoms with Gasteiger partial charge in [-0.3, -0.25) is 4.79 Å². The highest BCUT2D eigenvalue weighted by atomic mass is 19.1. The maximum absolute atomic E-state index is 15.0. The van der Waals surface area contributed by atoms with Crippen LogP contribution in [0.5, 0.6) is 11.5 Å². The summed E-state index contributed by atoms with van der Waals surface area (Å²) in [4.78, 5) is 14.6. The lowest BCUT2D eigenvalue weighted by atomic mass is 9.95. The summed E-state index contributed by atoms with van der Waals surface area (Å²) in [7, 11) is 0. The van der Waals surface area contributed by atoms with E-state index in [2.05, 4.69) is 0 Å². The van der Waals surface area contributed by atoms with Crippen molar-refractivity contribution in [2.24, 2.45) is 0 Å². The lowest BCUT2D eigenvalue weighted by Gasteiger charge is -2.29. The molecular formula is C26H23F2NO3. The molecule has 0 radical (unpaired) electrons. The number of aryl methyl sites for hydroxylation is 1. The van der Waals surface area contributed by atoms with Gasteiger partial charge >= 0.3 is 5.79 Å². The Morgan fingerprint density at radius 2 is 1.53 bits per heavy atom. The smallest absolute Gasteiger partial charge is 0.305 e. The standard InChI is InChI=1S/C26H23F2NO3/c1-17-14-19(10-11-21(17)27)26(18-8-4-2-5-9-18)31-23-15-20(22(28)16-24(23)32-26)25(30)29-12-6-3-7-13-29/h2,4-5,8-11,14-16H,3,6-7,12-13H2,1H3. The number of halogens is 2. The molecule has 1 fully saturated rings. The minimum atomic E-state index is -1.42. The van der Waals surface area contributed by atoms with Crippen molar-refractivity contribution >= 4 is 5.91 Å². The fraction of sp³-hybridized carbons (Fsp3) is 0.269. The Morgan fingerprint density at radius 1 is 0.844 bits per heavy atom. The van der Waals surface area contributed by atoms with E-state index >= 15 is 0 Å². The summed E-state index contributed by atoms with van der Waals surface area (Å²) >= 11 is 0. The maximum Gasteiger partial charge on any atom is 0.305 e. The van der Waals surface area contributed by atoms with E-state index in [9.17, 15) is 13.6 Å². The third-order valence-electron chi connectivity index (χ3n) is 6.11. The predicted octanol–water partition coefficient (Wildman–Crippen LogP) is 5.57. The molecule has 0 saturated carbocycles. The summed E-state index contributed by atoms with van der Waals surface area (Å²) in [6.07, 6.45) is 2.90. The van der Waals surface area contributed by atoms with Crippen LogP contribution in [0.15, 0.2) is 60.7 Å². The normalized spacial score (nSPS) is 19.8. The van der Waals surface area contributed by atoms with E-state index in [0.717, 1.165) is 19.3 Å². The van der Waals surface area contributed by atoms with Crippen LogP contribution in [-0.4, -0.2) is 23.9 Å². The van der Waals surface area contributed by atoms with Crippen LogP contribution in [0.1, 0.15) is 46.3 Å². The number of nitrogens with zero attached hydrogens (tertiary/aromatic N) is 1. The molecule has 0 N–H and O–H groups in total. The summed E-state index contributed by atoms with van der Waals surface area (Å²) in [6.45, 7) is 2.90. The Balaban J connectivity index is 1.58. The second kappa shape index (κ2) is 7.93. The Bertz CT molecular complexity index is 1180. The van der Waals surface area contributed by atoms with Crippen LogP contribution in [0.25, 0.3) is 0 Å². The first-order valence-electron chi connectivity index (χ1n) is 10.8. The van der Waals surface area contributed by atoms with Gasteiger partial charge in [0.05, 0.1) is 5.56 Å². The number of hydrogen-bond donors (Lipinski definition) is 0. The molecule has 3 aromatic rings. The number of fused-ring (bicyclic) bond motifs is 1. The number of likely N-dealkylation sites (tertiary alicyclic amines) is 1. The molecule has 2 aliphatic rings. The van der Waals surface area contributed by atoms with E-state index in [1.54, 1.807) is 24.0 Å². The highest BCUT2D eigenvalue weighted by molar-refractivity contribution is 5.95. The molecular weight excluding hydrogens is 412 g/mol. The number of benzene rings is 3. The van der Waals surface area contributed by atoms with Gasteiger partial charge < -0.3 is 14.4 Å². The van der Waals surface area contributed by atoms with Crippen molar-refractivity contribution in [1.29, 1.82) is 0 Å². The molecule has 32 heavy (non-hydrogen) atoms. The molecule has 164 valence electrons. The second-order valence-corrected chi connectivity index (χ2v) is 8.28. The van der Waals surface area contributed by atoms with Crippen LogP contribution in [0.2, 0.25) is 0 Å². The van der Waals surface area contributed by atoms with E-state index in [-0.39, 0.29) is 28.8 Å². The van der Waals surface area contributed by atoms with E-state index in [4.69, 9.17) is 9.47 Å². The van der Waals surface area contributed by atoms with Crippen molar-refractivity contribution in [1.82, 2.24) is 4.90 Å². The van der Waals surface area contributed by atoms with Crippen molar-refractivity contribution in [3.63, 3.8) is 0 Å². The maximum atomic E-state index is 15.0. The average Bonchev–Trinajstić information content (AvgIpc) is 3.20. The predicted molar refractivity (Wildman–Crippen MR) is 116 cm³/mol. The van der Waals surface area contributed by atoms with Crippen molar-refractivity contribution in [2.75, 3.05) is 13.1 Å². The Morgan fingerprint density at radius 3 is 2.22 bits per heavy atom. The van der Waals surface area contributed by atoms with E-state index in [0.29, 0.717) is 29.8 Å². The Kier molecular flexibility index (Phi) is 5.08. The van der Waals surface area contributed by atoms with Crippen LogP contribution in [0.4, 0.5) is 8.78 Å². The first-order valence-corrected chi connectivity index (χ1v) is 10.8. The first kappa shape index (κ1) is 20.5. The van der Waals surface area contributed by atoms with E-state index in [1.165, 1.54) is 18.2 Å². The van der Waals surface area contributed by atoms with Crippen LogP contribution < -0.4 is 9.47 Å². The second-order valence-electron chi connectivity index (χ2n) is 8.28. The topological polar surface area (TPSA) is 38.8 Å². The van der Waals surface area contributed by atoms with Gasteiger partial charge in [0.2, 0.25) is 0 Å². The minimum absolute atomic E-state index is 0.0339. The van der Waals surface area contributed by atoms with Crippen LogP contribution in [0.3, 0.4) is 0 Å². The van der Waals surface area contributed by atoms with Crippen LogP contribution in [0, 0.1) is 18.6 Å². The number of amides is 1. The van der Waals surface area contributed by atoms with Gasteiger partial charge in [0.1, 0.15) is 11.6 Å². The lowest BCUT2D eigenvalue weighted by Crippen LogP contribution is -2.37. The number of carbonyl (C=O) groups is 1. The van der Waals surface area contributed by atoms with Crippen molar-refractivity contribution in [2.45, 2.75) is 32.0 Å². The fourth-order valence-electron chi connectivity index (χ4n) is 4.37. The van der Waals surface area contributed by atoms with Gasteiger partial charge in [0.25, 0.3) is 5.91 Å². The summed E-state index contributed by atoms with van der Waals surface area (Å²) in [5.41, 5.74) is 1.65. The van der Waals surface area contributed by atoms with Crippen molar-refractivity contribution < 1.29 is 23.0 Å². The van der Waals surface area contributed by atoms with Crippen molar-refractivity contribution in [3.05, 3.63) is 94.6 Å². The van der Waals surface area contributed by atoms with Gasteiger partial charge in [-0.15, -0.1) is 0 Å². The molecule has 1 atom stereocenters. The summed E-state index contributed by atoms with van der Waals surface area (Å²) in [6, 6.07) is 16.4. The zero-order chi connectivity index (χ0) is 22.3. The molecule has 1 saturated heterocycles. The van der Waals surface area contributed by atoms with Gasteiger partial charge in [0.15, 0.2) is 11.5 Å². The third kappa shape index (κ3) is 3.40. The molecule has 5 rings (SSSR count). The molecule has 4 nitrogen and oxygen atoms in total.